The van der Waals surface area contributed by atoms with Crippen molar-refractivity contribution in [2.24, 2.45) is 0 Å². The van der Waals surface area contributed by atoms with E-state index < -0.39 is 57.3 Å². The Kier molecular flexibility index (Phi) is 7.06. The minimum atomic E-state index is -5.12. The smallest absolute Gasteiger partial charge is 0.296 e. The van der Waals surface area contributed by atoms with Crippen LogP contribution in [0.3, 0.4) is 0 Å². The molecule has 5 N–H and O–H groups in total. The number of aromatic amines is 2. The van der Waals surface area contributed by atoms with Gasteiger partial charge in [-0.15, -0.1) is 4.33 Å². The summed E-state index contributed by atoms with van der Waals surface area (Å²) in [6.45, 7) is 0. The summed E-state index contributed by atoms with van der Waals surface area (Å²) < 4.78 is 73.2. The number of hydrogen-bond donors (Lipinski definition) is 5. The third-order valence-electron chi connectivity index (χ3n) is 7.71. The van der Waals surface area contributed by atoms with E-state index in [9.17, 15) is 45.1 Å². The molecule has 0 atom stereocenters. The van der Waals surface area contributed by atoms with Gasteiger partial charge in [-0.25, -0.2) is 5.26 Å². The van der Waals surface area contributed by atoms with Crippen LogP contribution in [0.2, 0.25) is 0 Å². The summed E-state index contributed by atoms with van der Waals surface area (Å²) in [5.41, 5.74) is -3.94. The van der Waals surface area contributed by atoms with E-state index in [1.807, 2.05) is 0 Å². The maximum atomic E-state index is 13.9. The van der Waals surface area contributed by atoms with E-state index in [0.717, 1.165) is 24.3 Å². The van der Waals surface area contributed by atoms with E-state index in [0.29, 0.717) is 12.0 Å². The van der Waals surface area contributed by atoms with Gasteiger partial charge in [0.25, 0.3) is 20.2 Å². The van der Waals surface area contributed by atoms with Crippen molar-refractivity contribution < 1.29 is 40.6 Å². The molecule has 7 rings (SSSR count). The Balaban J connectivity index is 1.72. The first-order valence-corrected chi connectivity index (χ1v) is 17.2. The highest BCUT2D eigenvalue weighted by atomic mass is 79.9. The average Bonchev–Trinajstić information content (AvgIpc) is 3.02. The summed E-state index contributed by atoms with van der Waals surface area (Å²) in [5, 5.41) is 10.2. The van der Waals surface area contributed by atoms with Crippen LogP contribution in [0.4, 0.5) is 0 Å². The number of nitrogens with one attached hydrogen (secondary N) is 2. The highest BCUT2D eigenvalue weighted by Gasteiger charge is 2.25. The Morgan fingerprint density at radius 3 is 1.77 bits per heavy atom. The lowest BCUT2D eigenvalue weighted by Crippen LogP contribution is -2.17. The molecular weight excluding hydrogens is 748 g/mol. The maximum absolute atomic E-state index is 13.9. The molecule has 0 bridgehead atoms. The lowest BCUT2D eigenvalue weighted by atomic mass is 9.99. The number of rotatable bonds is 5. The molecule has 0 aliphatic rings. The fourth-order valence-electron chi connectivity index (χ4n) is 5.73. The second-order valence-corrected chi connectivity index (χ2v) is 14.7. The van der Waals surface area contributed by atoms with Crippen molar-refractivity contribution in [2.45, 2.75) is 14.7 Å². The van der Waals surface area contributed by atoms with E-state index in [1.54, 1.807) is 0 Å². The van der Waals surface area contributed by atoms with Gasteiger partial charge in [-0.3, -0.25) is 28.3 Å². The molecule has 19 heteroatoms. The molecule has 0 saturated carbocycles. The Labute approximate surface area is 271 Å². The fourth-order valence-corrected chi connectivity index (χ4v) is 7.84. The third kappa shape index (κ3) is 4.74. The summed E-state index contributed by atoms with van der Waals surface area (Å²) >= 11 is 3.86. The highest BCUT2D eigenvalue weighted by molar-refractivity contribution is 9.10. The number of hydrogen-bond acceptors (Lipinski definition) is 12. The van der Waals surface area contributed by atoms with Gasteiger partial charge < -0.3 is 9.97 Å². The van der Waals surface area contributed by atoms with E-state index >= 15 is 0 Å². The van der Waals surface area contributed by atoms with Gasteiger partial charge in [-0.2, -0.15) is 16.8 Å². The van der Waals surface area contributed by atoms with Crippen LogP contribution in [0.15, 0.2) is 86.9 Å². The highest BCUT2D eigenvalue weighted by Crippen LogP contribution is 2.34. The number of benzene rings is 6. The van der Waals surface area contributed by atoms with Gasteiger partial charge in [-0.1, -0.05) is 5.04 Å². The molecule has 0 aliphatic heterocycles. The molecule has 0 radical (unpaired) electrons. The molecule has 47 heavy (non-hydrogen) atoms. The molecule has 0 saturated heterocycles. The first kappa shape index (κ1) is 31.3. The number of halogens is 1. The molecule has 0 fully saturated rings. The van der Waals surface area contributed by atoms with Crippen molar-refractivity contribution in [3.8, 4) is 0 Å². The summed E-state index contributed by atoms with van der Waals surface area (Å²) in [4.78, 5) is 59.3. The van der Waals surface area contributed by atoms with Gasteiger partial charge in [0.15, 0.2) is 21.7 Å². The van der Waals surface area contributed by atoms with E-state index in [4.69, 9.17) is 5.26 Å². The molecule has 6 aromatic carbocycles. The minimum absolute atomic E-state index is 0.0188. The van der Waals surface area contributed by atoms with Crippen molar-refractivity contribution in [3.05, 3.63) is 93.9 Å². The third-order valence-corrected chi connectivity index (χ3v) is 10.6. The molecule has 7 aromatic rings. The zero-order chi connectivity index (χ0) is 33.7. The zero-order valence-electron chi connectivity index (χ0n) is 22.6. The van der Waals surface area contributed by atoms with Crippen LogP contribution in [0, 0.1) is 0 Å². The largest absolute Gasteiger partial charge is 0.351 e. The standard InChI is InChI=1S/C28H13BrN2O13S3/c29-17-7-15-19(28(35)14-6-10(46(37,38)39)2-4-12(14)25(15)32)23-21(17)30-24-20-16(8-18(22(24)31-23)47(40,41)42)26(33)11-3-1-9(45-44-43-36)5-13(11)27(20)34/h1-8,30-31,36H,(H,37,38,39)(H,40,41,42). The van der Waals surface area contributed by atoms with E-state index in [-0.39, 0.29) is 69.0 Å². The summed E-state index contributed by atoms with van der Waals surface area (Å²) in [6.07, 6.45) is 0. The predicted molar refractivity (Wildman–Crippen MR) is 174 cm³/mol. The van der Waals surface area contributed by atoms with Crippen LogP contribution in [0.25, 0.3) is 65.2 Å². The van der Waals surface area contributed by atoms with Gasteiger partial charge in [0.2, 0.25) is 0 Å². The molecule has 1 aromatic heterocycles. The average molecular weight is 762 g/mol. The quantitative estimate of drug-likeness (QED) is 0.0418. The molecule has 15 nitrogen and oxygen atoms in total. The molecular formula is C28H13BrN2O13S3. The maximum Gasteiger partial charge on any atom is 0.296 e. The van der Waals surface area contributed by atoms with Crippen LogP contribution < -0.4 is 21.7 Å². The zero-order valence-corrected chi connectivity index (χ0v) is 26.7. The summed E-state index contributed by atoms with van der Waals surface area (Å²) in [5.74, 6) is 0. The topological polar surface area (TPSA) is 247 Å². The van der Waals surface area contributed by atoms with Crippen LogP contribution in [0.5, 0.6) is 0 Å². The number of fused-ring (bicyclic) bond motifs is 8. The van der Waals surface area contributed by atoms with E-state index in [2.05, 4.69) is 35.3 Å². The van der Waals surface area contributed by atoms with Crippen LogP contribution in [-0.4, -0.2) is 41.2 Å². The monoisotopic (exact) mass is 760 g/mol. The van der Waals surface area contributed by atoms with Gasteiger partial charge in [0.1, 0.15) is 4.90 Å². The second-order valence-electron chi connectivity index (χ2n) is 10.2. The van der Waals surface area contributed by atoms with Crippen LogP contribution in [-0.2, 0) is 29.6 Å². The Morgan fingerprint density at radius 1 is 0.617 bits per heavy atom. The second kappa shape index (κ2) is 10.6. The van der Waals surface area contributed by atoms with Crippen molar-refractivity contribution >= 4 is 113 Å². The van der Waals surface area contributed by atoms with Gasteiger partial charge in [0, 0.05) is 41.7 Å². The minimum Gasteiger partial charge on any atom is -0.351 e. The Bertz CT molecular complexity index is 3050. The molecule has 0 aliphatic carbocycles. The Morgan fingerprint density at radius 2 is 1.17 bits per heavy atom. The normalized spacial score (nSPS) is 12.8. The van der Waals surface area contributed by atoms with Crippen molar-refractivity contribution in [1.29, 1.82) is 0 Å². The van der Waals surface area contributed by atoms with Gasteiger partial charge in [0.05, 0.1) is 49.8 Å². The van der Waals surface area contributed by atoms with Crippen molar-refractivity contribution in [1.82, 2.24) is 9.97 Å². The first-order valence-electron chi connectivity index (χ1n) is 12.8. The van der Waals surface area contributed by atoms with Crippen LogP contribution in [0.1, 0.15) is 0 Å². The molecule has 0 spiro atoms. The number of H-pyrrole nitrogens is 2. The molecule has 238 valence electrons. The summed E-state index contributed by atoms with van der Waals surface area (Å²) in [6, 6.07) is 8.92. The first-order chi connectivity index (χ1) is 22.1. The number of aromatic nitrogens is 2. The summed E-state index contributed by atoms with van der Waals surface area (Å²) in [7, 11) is -9.89. The lowest BCUT2D eigenvalue weighted by molar-refractivity contribution is -0.432. The van der Waals surface area contributed by atoms with Crippen LogP contribution >= 0.6 is 28.0 Å². The van der Waals surface area contributed by atoms with E-state index in [1.165, 1.54) is 24.3 Å². The lowest BCUT2D eigenvalue weighted by Gasteiger charge is -2.14. The molecule has 0 unspecified atom stereocenters. The van der Waals surface area contributed by atoms with Gasteiger partial charge >= 0.3 is 0 Å². The van der Waals surface area contributed by atoms with Crippen molar-refractivity contribution in [3.63, 3.8) is 0 Å². The van der Waals surface area contributed by atoms with Crippen molar-refractivity contribution in [2.75, 3.05) is 0 Å². The molecule has 1 heterocycles. The Hall–Kier alpha value is -4.31. The fraction of sp³-hybridized carbons (Fsp3) is 0. The SMILES string of the molecule is O=c1c2ccc(S(=O)(=O)O)cc2c(=O)c2c1cc(Br)c1[nH]c3c([nH]c12)c(S(=O)(=O)O)cc1c(=O)c2ccc(SOOO)cc2c(=O)c13. The van der Waals surface area contributed by atoms with Gasteiger partial charge in [-0.05, 0) is 64.5 Å². The predicted octanol–water partition coefficient (Wildman–Crippen LogP) is 3.82. The molecule has 0 amide bonds.